The zero-order chi connectivity index (χ0) is 18.8. The maximum Gasteiger partial charge on any atom is 0.0451 e. The van der Waals surface area contributed by atoms with Gasteiger partial charge in [0.15, 0.2) is 0 Å². The van der Waals surface area contributed by atoms with Crippen LogP contribution in [0.4, 0.5) is 0 Å². The topological polar surface area (TPSA) is 16.1 Å². The predicted molar refractivity (Wildman–Crippen MR) is 117 cm³/mol. The third-order valence-corrected chi connectivity index (χ3v) is 5.54. The first-order valence-electron chi connectivity index (χ1n) is 9.80. The van der Waals surface area contributed by atoms with Crippen LogP contribution in [0.2, 0.25) is 0 Å². The lowest BCUT2D eigenvalue weighted by Crippen LogP contribution is -2.31. The molecule has 0 saturated heterocycles. The second kappa shape index (κ2) is 7.32. The molecule has 6 rings (SSSR count). The van der Waals surface area contributed by atoms with Crippen LogP contribution in [0.3, 0.4) is 0 Å². The van der Waals surface area contributed by atoms with Crippen molar-refractivity contribution in [2.45, 2.75) is 13.0 Å². The minimum absolute atomic E-state index is 1.05. The molecule has 2 heteroatoms. The summed E-state index contributed by atoms with van der Waals surface area (Å²) in [5.74, 6) is 0. The molecule has 2 aliphatic heterocycles. The Morgan fingerprint density at radius 3 is 2.36 bits per heavy atom. The molecule has 136 valence electrons. The monoisotopic (exact) mass is 362 g/mol. The molecule has 0 radical (unpaired) electrons. The average Bonchev–Trinajstić information content (AvgIpc) is 2.78. The Morgan fingerprint density at radius 1 is 0.714 bits per heavy atom. The number of pyridine rings is 1. The Bertz CT molecular complexity index is 1090. The summed E-state index contributed by atoms with van der Waals surface area (Å²) in [4.78, 5) is 6.52. The van der Waals surface area contributed by atoms with E-state index in [1.807, 2.05) is 30.6 Å². The van der Waals surface area contributed by atoms with Crippen molar-refractivity contribution >= 4 is 22.5 Å². The van der Waals surface area contributed by atoms with Crippen LogP contribution < -0.4 is 0 Å². The van der Waals surface area contributed by atoms with Crippen LogP contribution in [-0.4, -0.2) is 16.4 Å². The Labute approximate surface area is 165 Å². The molecule has 3 aromatic carbocycles. The number of aromatic nitrogens is 1. The summed E-state index contributed by atoms with van der Waals surface area (Å²) < 4.78 is 0. The van der Waals surface area contributed by atoms with Crippen molar-refractivity contribution in [1.82, 2.24) is 9.88 Å². The van der Waals surface area contributed by atoms with Gasteiger partial charge in [-0.15, -0.1) is 0 Å². The lowest BCUT2D eigenvalue weighted by molar-refractivity contribution is 0.381. The highest BCUT2D eigenvalue weighted by molar-refractivity contribution is 5.85. The second-order valence-corrected chi connectivity index (χ2v) is 7.28. The maximum atomic E-state index is 4.01. The third-order valence-electron chi connectivity index (χ3n) is 5.54. The van der Waals surface area contributed by atoms with Crippen LogP contribution >= 0.6 is 0 Å². The number of hydrogen-bond acceptors (Lipinski definition) is 2. The molecule has 28 heavy (non-hydrogen) atoms. The minimum atomic E-state index is 1.05. The normalized spacial score (nSPS) is 14.1. The van der Waals surface area contributed by atoms with Crippen molar-refractivity contribution in [3.8, 4) is 0 Å². The second-order valence-electron chi connectivity index (χ2n) is 7.28. The van der Waals surface area contributed by atoms with Crippen molar-refractivity contribution in [3.05, 3.63) is 114 Å². The van der Waals surface area contributed by atoms with E-state index in [1.54, 1.807) is 0 Å². The zero-order valence-corrected chi connectivity index (χ0v) is 15.8. The van der Waals surface area contributed by atoms with Crippen molar-refractivity contribution in [2.24, 2.45) is 0 Å². The number of fused-ring (bicyclic) bond motifs is 5. The number of rotatable bonds is 0. The lowest BCUT2D eigenvalue weighted by Gasteiger charge is -2.36. The van der Waals surface area contributed by atoms with Crippen molar-refractivity contribution < 1.29 is 0 Å². The first-order valence-corrected chi connectivity index (χ1v) is 9.80. The lowest BCUT2D eigenvalue weighted by atomic mass is 9.91. The highest BCUT2D eigenvalue weighted by Gasteiger charge is 2.24. The summed E-state index contributed by atoms with van der Waals surface area (Å²) in [5.41, 5.74) is 7.12. The fourth-order valence-electron chi connectivity index (χ4n) is 4.07. The van der Waals surface area contributed by atoms with Gasteiger partial charge in [0.1, 0.15) is 0 Å². The van der Waals surface area contributed by atoms with E-state index in [4.69, 9.17) is 0 Å². The minimum Gasteiger partial charge on any atom is -0.366 e. The number of hydrogen-bond donors (Lipinski definition) is 0. The van der Waals surface area contributed by atoms with Crippen LogP contribution in [0.1, 0.15) is 22.3 Å². The molecule has 0 spiro atoms. The Morgan fingerprint density at radius 2 is 1.46 bits per heavy atom. The fraction of sp³-hybridized carbons (Fsp3) is 0.115. The van der Waals surface area contributed by atoms with Crippen LogP contribution in [0.5, 0.6) is 0 Å². The molecule has 0 N–H and O–H groups in total. The third kappa shape index (κ3) is 3.18. The fourth-order valence-corrected chi connectivity index (χ4v) is 4.07. The summed E-state index contributed by atoms with van der Waals surface area (Å²) in [6.07, 6.45) is 7.18. The number of benzene rings is 3. The zero-order valence-electron chi connectivity index (χ0n) is 15.8. The summed E-state index contributed by atoms with van der Waals surface area (Å²) in [5, 5.41) is 2.45. The van der Waals surface area contributed by atoms with Gasteiger partial charge >= 0.3 is 0 Å². The molecule has 0 amide bonds. The molecule has 0 atom stereocenters. The van der Waals surface area contributed by atoms with Crippen molar-refractivity contribution in [3.63, 3.8) is 0 Å². The van der Waals surface area contributed by atoms with Gasteiger partial charge in [0, 0.05) is 36.7 Å². The van der Waals surface area contributed by atoms with Gasteiger partial charge in [0.05, 0.1) is 0 Å². The summed E-state index contributed by atoms with van der Waals surface area (Å²) in [6.45, 7) is 2.19. The van der Waals surface area contributed by atoms with Gasteiger partial charge in [-0.25, -0.2) is 0 Å². The SMILES string of the molecule is C1=C2c3ccccc3CCN2Cc2ccccc21.c1ccc2cnccc2c1. The molecule has 0 aliphatic carbocycles. The van der Waals surface area contributed by atoms with Gasteiger partial charge in [-0.3, -0.25) is 4.98 Å². The first-order chi connectivity index (χ1) is 13.9. The molecule has 4 aromatic rings. The van der Waals surface area contributed by atoms with Gasteiger partial charge in [0.2, 0.25) is 0 Å². The van der Waals surface area contributed by atoms with E-state index in [0.717, 1.165) is 19.5 Å². The summed E-state index contributed by atoms with van der Waals surface area (Å²) >= 11 is 0. The molecular formula is C26H22N2. The maximum absolute atomic E-state index is 4.01. The standard InChI is InChI=1S/C17H15N.C9H7N/c1-2-7-15-12-18-10-9-13-5-3-4-8-16(13)17(18)11-14(15)6-1;1-2-4-9-7-10-6-5-8(9)3-1/h1-8,11H,9-10,12H2;1-7H. The van der Waals surface area contributed by atoms with Gasteiger partial charge < -0.3 is 4.90 Å². The quantitative estimate of drug-likeness (QED) is 0.393. The van der Waals surface area contributed by atoms with Crippen molar-refractivity contribution in [2.75, 3.05) is 6.54 Å². The van der Waals surface area contributed by atoms with Gasteiger partial charge in [-0.05, 0) is 46.0 Å². The molecule has 0 saturated carbocycles. The molecule has 2 aliphatic rings. The van der Waals surface area contributed by atoms with Gasteiger partial charge in [-0.2, -0.15) is 0 Å². The van der Waals surface area contributed by atoms with Crippen LogP contribution in [-0.2, 0) is 13.0 Å². The average molecular weight is 362 g/mol. The van der Waals surface area contributed by atoms with E-state index in [1.165, 1.54) is 38.7 Å². The van der Waals surface area contributed by atoms with E-state index in [-0.39, 0.29) is 0 Å². The van der Waals surface area contributed by atoms with Crippen LogP contribution in [0, 0.1) is 0 Å². The molecule has 3 heterocycles. The molecule has 2 nitrogen and oxygen atoms in total. The highest BCUT2D eigenvalue weighted by Crippen LogP contribution is 2.35. The van der Waals surface area contributed by atoms with Gasteiger partial charge in [0.25, 0.3) is 0 Å². The number of nitrogens with zero attached hydrogens (tertiary/aromatic N) is 2. The smallest absolute Gasteiger partial charge is 0.0451 e. The van der Waals surface area contributed by atoms with Gasteiger partial charge in [-0.1, -0.05) is 72.8 Å². The first kappa shape index (κ1) is 16.8. The predicted octanol–water partition coefficient (Wildman–Crippen LogP) is 5.79. The molecule has 0 unspecified atom stereocenters. The van der Waals surface area contributed by atoms with Crippen molar-refractivity contribution in [1.29, 1.82) is 0 Å². The van der Waals surface area contributed by atoms with E-state index < -0.39 is 0 Å². The van der Waals surface area contributed by atoms with Crippen LogP contribution in [0.25, 0.3) is 22.5 Å². The van der Waals surface area contributed by atoms with E-state index in [2.05, 4.69) is 76.6 Å². The molecule has 1 aromatic heterocycles. The van der Waals surface area contributed by atoms with Crippen LogP contribution in [0.15, 0.2) is 91.3 Å². The Balaban J connectivity index is 0.000000145. The molecular weight excluding hydrogens is 340 g/mol. The van der Waals surface area contributed by atoms with E-state index >= 15 is 0 Å². The summed E-state index contributed by atoms with van der Waals surface area (Å²) in [6, 6.07) is 27.7. The summed E-state index contributed by atoms with van der Waals surface area (Å²) in [7, 11) is 0. The molecule has 0 fully saturated rings. The van der Waals surface area contributed by atoms with E-state index in [9.17, 15) is 0 Å². The largest absolute Gasteiger partial charge is 0.366 e. The Kier molecular flexibility index (Phi) is 4.38. The Hall–Kier alpha value is -3.39. The highest BCUT2D eigenvalue weighted by atomic mass is 15.1. The molecule has 0 bridgehead atoms. The van der Waals surface area contributed by atoms with E-state index in [0.29, 0.717) is 0 Å².